The molecule has 0 saturated heterocycles. The highest BCUT2D eigenvalue weighted by molar-refractivity contribution is 5.81. The molecule has 2 aromatic rings. The van der Waals surface area contributed by atoms with E-state index in [-0.39, 0.29) is 11.9 Å². The highest BCUT2D eigenvalue weighted by atomic mass is 16.4. The molecule has 0 radical (unpaired) electrons. The summed E-state index contributed by atoms with van der Waals surface area (Å²) in [6, 6.07) is 9.26. The molecule has 0 saturated carbocycles. The fourth-order valence-electron chi connectivity index (χ4n) is 1.68. The van der Waals surface area contributed by atoms with Gasteiger partial charge in [-0.2, -0.15) is 0 Å². The molecule has 1 atom stereocenters. The first kappa shape index (κ1) is 14.2. The first-order valence-electron chi connectivity index (χ1n) is 6.59. The van der Waals surface area contributed by atoms with E-state index < -0.39 is 0 Å². The third-order valence-corrected chi connectivity index (χ3v) is 2.79. The third-order valence-electron chi connectivity index (χ3n) is 2.79. The molecule has 0 aliphatic heterocycles. The summed E-state index contributed by atoms with van der Waals surface area (Å²) in [5.41, 5.74) is 0.878. The van der Waals surface area contributed by atoms with E-state index in [2.05, 4.69) is 20.8 Å². The monoisotopic (exact) mass is 274 g/mol. The van der Waals surface area contributed by atoms with Crippen LogP contribution in [0.2, 0.25) is 0 Å². The molecule has 1 heterocycles. The normalized spacial score (nSPS) is 12.1. The average molecular weight is 274 g/mol. The Morgan fingerprint density at radius 2 is 2.05 bits per heavy atom. The minimum absolute atomic E-state index is 0.0460. The number of aromatic nitrogens is 2. The second kappa shape index (κ2) is 6.81. The van der Waals surface area contributed by atoms with E-state index in [1.54, 1.807) is 6.92 Å². The van der Waals surface area contributed by atoms with E-state index in [1.807, 2.05) is 37.3 Å². The number of likely N-dealkylation sites (N-methyl/N-ethyl adjacent to an activating group) is 1. The lowest BCUT2D eigenvalue weighted by Gasteiger charge is -2.11. The second-order valence-corrected chi connectivity index (χ2v) is 4.36. The molecule has 0 aliphatic rings. The Labute approximate surface area is 117 Å². The fraction of sp³-hybridized carbons (Fsp3) is 0.357. The van der Waals surface area contributed by atoms with Crippen LogP contribution in [0.15, 0.2) is 34.7 Å². The Morgan fingerprint density at radius 3 is 2.75 bits per heavy atom. The first-order chi connectivity index (χ1) is 9.70. The van der Waals surface area contributed by atoms with Crippen LogP contribution in [-0.2, 0) is 11.3 Å². The summed E-state index contributed by atoms with van der Waals surface area (Å²) in [6.45, 7) is 4.65. The minimum Gasteiger partial charge on any atom is -0.419 e. The number of nitrogens with zero attached hydrogens (tertiary/aromatic N) is 2. The van der Waals surface area contributed by atoms with Crippen molar-refractivity contribution in [1.29, 1.82) is 0 Å². The van der Waals surface area contributed by atoms with Gasteiger partial charge in [-0.3, -0.25) is 10.1 Å². The smallest absolute Gasteiger partial charge is 0.247 e. The molecule has 0 fully saturated rings. The maximum atomic E-state index is 11.6. The maximum Gasteiger partial charge on any atom is 0.247 e. The van der Waals surface area contributed by atoms with E-state index in [1.165, 1.54) is 0 Å². The lowest BCUT2D eigenvalue weighted by molar-refractivity contribution is -0.122. The molecule has 20 heavy (non-hydrogen) atoms. The molecule has 106 valence electrons. The number of hydrogen-bond acceptors (Lipinski definition) is 5. The van der Waals surface area contributed by atoms with Gasteiger partial charge >= 0.3 is 0 Å². The van der Waals surface area contributed by atoms with Gasteiger partial charge in [0.2, 0.25) is 17.7 Å². The van der Waals surface area contributed by atoms with Crippen molar-refractivity contribution in [2.24, 2.45) is 0 Å². The molecule has 6 nitrogen and oxygen atoms in total. The van der Waals surface area contributed by atoms with Crippen LogP contribution in [0.5, 0.6) is 0 Å². The van der Waals surface area contributed by atoms with E-state index >= 15 is 0 Å². The van der Waals surface area contributed by atoms with Gasteiger partial charge in [-0.25, -0.2) is 0 Å². The first-order valence-corrected chi connectivity index (χ1v) is 6.59. The van der Waals surface area contributed by atoms with Crippen molar-refractivity contribution in [3.8, 4) is 11.5 Å². The van der Waals surface area contributed by atoms with Crippen LogP contribution < -0.4 is 10.6 Å². The summed E-state index contributed by atoms with van der Waals surface area (Å²) >= 11 is 0. The zero-order valence-electron chi connectivity index (χ0n) is 11.6. The van der Waals surface area contributed by atoms with E-state index in [9.17, 15) is 4.79 Å². The number of amides is 1. The van der Waals surface area contributed by atoms with Crippen LogP contribution in [-0.4, -0.2) is 28.7 Å². The molecule has 0 bridgehead atoms. The molecule has 2 N–H and O–H groups in total. The van der Waals surface area contributed by atoms with Crippen molar-refractivity contribution >= 4 is 5.91 Å². The van der Waals surface area contributed by atoms with Crippen molar-refractivity contribution in [2.45, 2.75) is 26.4 Å². The molecular formula is C14H18N4O2. The van der Waals surface area contributed by atoms with Crippen molar-refractivity contribution in [3.63, 3.8) is 0 Å². The summed E-state index contributed by atoms with van der Waals surface area (Å²) < 4.78 is 5.54. The number of benzene rings is 1. The van der Waals surface area contributed by atoms with Gasteiger partial charge < -0.3 is 9.73 Å². The van der Waals surface area contributed by atoms with Gasteiger partial charge in [-0.05, 0) is 26.0 Å². The Balaban J connectivity index is 1.92. The van der Waals surface area contributed by atoms with Gasteiger partial charge in [0, 0.05) is 12.1 Å². The maximum absolute atomic E-state index is 11.6. The van der Waals surface area contributed by atoms with E-state index in [0.717, 1.165) is 5.56 Å². The van der Waals surface area contributed by atoms with Gasteiger partial charge in [-0.15, -0.1) is 10.2 Å². The van der Waals surface area contributed by atoms with E-state index in [0.29, 0.717) is 24.9 Å². The molecule has 1 aromatic carbocycles. The summed E-state index contributed by atoms with van der Waals surface area (Å²) in [5.74, 6) is 0.892. The van der Waals surface area contributed by atoms with Crippen molar-refractivity contribution in [1.82, 2.24) is 20.8 Å². The van der Waals surface area contributed by atoms with Crippen LogP contribution in [0.3, 0.4) is 0 Å². The molecule has 1 aromatic heterocycles. The number of nitrogens with one attached hydrogen (secondary N) is 2. The van der Waals surface area contributed by atoms with Gasteiger partial charge in [0.15, 0.2) is 0 Å². The number of rotatable bonds is 6. The molecule has 0 aliphatic carbocycles. The quantitative estimate of drug-likeness (QED) is 0.831. The number of carbonyl (C=O) groups excluding carboxylic acids is 1. The topological polar surface area (TPSA) is 80.0 Å². The average Bonchev–Trinajstić information content (AvgIpc) is 2.95. The Bertz CT molecular complexity index is 553. The molecule has 6 heteroatoms. The highest BCUT2D eigenvalue weighted by Gasteiger charge is 2.13. The third kappa shape index (κ3) is 3.64. The Hall–Kier alpha value is -2.21. The predicted octanol–water partition coefficient (Wildman–Crippen LogP) is 1.35. The minimum atomic E-state index is -0.304. The second-order valence-electron chi connectivity index (χ2n) is 4.36. The molecule has 0 spiro atoms. The zero-order chi connectivity index (χ0) is 14.4. The Morgan fingerprint density at radius 1 is 1.30 bits per heavy atom. The largest absolute Gasteiger partial charge is 0.419 e. The van der Waals surface area contributed by atoms with Crippen molar-refractivity contribution < 1.29 is 9.21 Å². The van der Waals surface area contributed by atoms with Crippen LogP contribution in [0.25, 0.3) is 11.5 Å². The summed E-state index contributed by atoms with van der Waals surface area (Å²) in [4.78, 5) is 11.6. The number of carbonyl (C=O) groups is 1. The van der Waals surface area contributed by atoms with Crippen molar-refractivity contribution in [2.75, 3.05) is 6.54 Å². The lowest BCUT2D eigenvalue weighted by Crippen LogP contribution is -2.41. The standard InChI is InChI=1S/C14H18N4O2/c1-3-15-13(19)10(2)16-9-12-17-18-14(20-12)11-7-5-4-6-8-11/h4-8,10,16H,3,9H2,1-2H3,(H,15,19). The van der Waals surface area contributed by atoms with Crippen LogP contribution in [0, 0.1) is 0 Å². The van der Waals surface area contributed by atoms with Gasteiger partial charge in [0.25, 0.3) is 0 Å². The summed E-state index contributed by atoms with van der Waals surface area (Å²) in [6.07, 6.45) is 0. The van der Waals surface area contributed by atoms with Crippen LogP contribution in [0.1, 0.15) is 19.7 Å². The van der Waals surface area contributed by atoms with Gasteiger partial charge in [-0.1, -0.05) is 18.2 Å². The Kier molecular flexibility index (Phi) is 4.84. The molecular weight excluding hydrogens is 256 g/mol. The molecule has 2 rings (SSSR count). The SMILES string of the molecule is CCNC(=O)C(C)NCc1nnc(-c2ccccc2)o1. The van der Waals surface area contributed by atoms with Gasteiger partial charge in [0.05, 0.1) is 12.6 Å². The molecule has 1 amide bonds. The molecule has 1 unspecified atom stereocenters. The zero-order valence-corrected chi connectivity index (χ0v) is 11.6. The lowest BCUT2D eigenvalue weighted by atomic mass is 10.2. The van der Waals surface area contributed by atoms with E-state index in [4.69, 9.17) is 4.42 Å². The van der Waals surface area contributed by atoms with Crippen molar-refractivity contribution in [3.05, 3.63) is 36.2 Å². The van der Waals surface area contributed by atoms with Crippen LogP contribution >= 0.6 is 0 Å². The number of hydrogen-bond donors (Lipinski definition) is 2. The van der Waals surface area contributed by atoms with Crippen LogP contribution in [0.4, 0.5) is 0 Å². The summed E-state index contributed by atoms with van der Waals surface area (Å²) in [7, 11) is 0. The highest BCUT2D eigenvalue weighted by Crippen LogP contribution is 2.16. The summed E-state index contributed by atoms with van der Waals surface area (Å²) in [5, 5.41) is 13.7. The predicted molar refractivity (Wildman–Crippen MR) is 74.7 cm³/mol. The fourth-order valence-corrected chi connectivity index (χ4v) is 1.68. The van der Waals surface area contributed by atoms with Gasteiger partial charge in [0.1, 0.15) is 0 Å².